The normalized spacial score (nSPS) is 12.4. The highest BCUT2D eigenvalue weighted by atomic mass is 16.5. The molecule has 0 aliphatic rings. The predicted molar refractivity (Wildman–Crippen MR) is 100 cm³/mol. The molecule has 1 N–H and O–H groups in total. The maximum atomic E-state index is 12.3. The van der Waals surface area contributed by atoms with Crippen LogP contribution >= 0.6 is 0 Å². The Kier molecular flexibility index (Phi) is 4.84. The number of amides is 1. The maximum Gasteiger partial charge on any atom is 0.247 e. The minimum Gasteiger partial charge on any atom is -0.497 e. The van der Waals surface area contributed by atoms with Crippen LogP contribution in [0.4, 0.5) is 0 Å². The molecule has 5 heteroatoms. The topological polar surface area (TPSA) is 55.6 Å². The van der Waals surface area contributed by atoms with Crippen LogP contribution in [0.2, 0.25) is 0 Å². The van der Waals surface area contributed by atoms with Gasteiger partial charge in [0.05, 0.1) is 24.9 Å². The zero-order chi connectivity index (χ0) is 17.8. The van der Waals surface area contributed by atoms with Crippen molar-refractivity contribution in [2.24, 2.45) is 12.1 Å². The van der Waals surface area contributed by atoms with Gasteiger partial charge in [-0.15, -0.1) is 0 Å². The van der Waals surface area contributed by atoms with Crippen molar-refractivity contribution >= 4 is 22.9 Å². The molecule has 0 aliphatic carbocycles. The summed E-state index contributed by atoms with van der Waals surface area (Å²) < 4.78 is 7.17. The Morgan fingerprint density at radius 1 is 1.20 bits per heavy atom. The van der Waals surface area contributed by atoms with Gasteiger partial charge in [-0.25, -0.2) is 5.43 Å². The summed E-state index contributed by atoms with van der Waals surface area (Å²) in [6.07, 6.45) is 3.56. The van der Waals surface area contributed by atoms with Crippen molar-refractivity contribution in [3.8, 4) is 5.75 Å². The van der Waals surface area contributed by atoms with E-state index in [4.69, 9.17) is 4.74 Å². The number of carbonyl (C=O) groups is 1. The minimum absolute atomic E-state index is 0.140. The van der Waals surface area contributed by atoms with E-state index in [1.807, 2.05) is 73.3 Å². The molecule has 1 heterocycles. The van der Waals surface area contributed by atoms with Crippen molar-refractivity contribution in [3.63, 3.8) is 0 Å². The van der Waals surface area contributed by atoms with Crippen LogP contribution in [0.25, 0.3) is 10.8 Å². The van der Waals surface area contributed by atoms with Crippen molar-refractivity contribution < 1.29 is 9.53 Å². The van der Waals surface area contributed by atoms with E-state index in [9.17, 15) is 4.79 Å². The zero-order valence-corrected chi connectivity index (χ0v) is 14.6. The van der Waals surface area contributed by atoms with E-state index in [2.05, 4.69) is 10.5 Å². The van der Waals surface area contributed by atoms with Gasteiger partial charge in [-0.05, 0) is 47.5 Å². The Bertz CT molecular complexity index is 928. The number of nitrogens with zero attached hydrogens (tertiary/aromatic N) is 2. The number of aryl methyl sites for hydroxylation is 1. The minimum atomic E-state index is -0.294. The number of hydrazone groups is 1. The highest BCUT2D eigenvalue weighted by Crippen LogP contribution is 2.25. The van der Waals surface area contributed by atoms with E-state index in [1.165, 1.54) is 0 Å². The third kappa shape index (κ3) is 3.71. The molecule has 128 valence electrons. The summed E-state index contributed by atoms with van der Waals surface area (Å²) in [4.78, 5) is 12.3. The molecule has 0 unspecified atom stereocenters. The van der Waals surface area contributed by atoms with E-state index >= 15 is 0 Å². The van der Waals surface area contributed by atoms with Gasteiger partial charge in [0, 0.05) is 13.2 Å². The molecule has 1 amide bonds. The fourth-order valence-electron chi connectivity index (χ4n) is 2.66. The summed E-state index contributed by atoms with van der Waals surface area (Å²) in [6.45, 7) is 1.87. The average molecular weight is 335 g/mol. The smallest absolute Gasteiger partial charge is 0.247 e. The fourth-order valence-corrected chi connectivity index (χ4v) is 2.66. The van der Waals surface area contributed by atoms with Crippen molar-refractivity contribution in [2.75, 3.05) is 7.11 Å². The molecule has 2 aromatic carbocycles. The van der Waals surface area contributed by atoms with Crippen molar-refractivity contribution in [1.82, 2.24) is 9.99 Å². The standard InChI is InChI=1S/C20H21N3O2/c1-14(20(24)22-21-13-18-5-4-10-23(18)2)15-6-7-17-12-19(25-3)9-8-16(17)11-15/h4-14H,1-3H3,(H,22,24)/b21-13+/t14-/m0/s1. The number of ether oxygens (including phenoxy) is 1. The molecule has 0 radical (unpaired) electrons. The number of hydrogen-bond donors (Lipinski definition) is 1. The predicted octanol–water partition coefficient (Wildman–Crippen LogP) is 3.44. The van der Waals surface area contributed by atoms with Gasteiger partial charge in [0.25, 0.3) is 0 Å². The van der Waals surface area contributed by atoms with E-state index in [0.717, 1.165) is 27.8 Å². The molecule has 0 aliphatic heterocycles. The first-order valence-electron chi connectivity index (χ1n) is 8.10. The third-order valence-corrected chi connectivity index (χ3v) is 4.32. The molecule has 25 heavy (non-hydrogen) atoms. The van der Waals surface area contributed by atoms with Crippen LogP contribution < -0.4 is 10.2 Å². The molecule has 1 aromatic heterocycles. The van der Waals surface area contributed by atoms with E-state index < -0.39 is 0 Å². The summed E-state index contributed by atoms with van der Waals surface area (Å²) in [5, 5.41) is 6.20. The Morgan fingerprint density at radius 3 is 2.68 bits per heavy atom. The van der Waals surface area contributed by atoms with Gasteiger partial charge in [0.15, 0.2) is 0 Å². The second-order valence-electron chi connectivity index (χ2n) is 5.97. The Labute approximate surface area is 146 Å². The number of nitrogens with one attached hydrogen (secondary N) is 1. The van der Waals surface area contributed by atoms with E-state index in [-0.39, 0.29) is 11.8 Å². The van der Waals surface area contributed by atoms with E-state index in [0.29, 0.717) is 0 Å². The van der Waals surface area contributed by atoms with Crippen LogP contribution in [0.15, 0.2) is 59.8 Å². The van der Waals surface area contributed by atoms with Gasteiger partial charge in [0.1, 0.15) is 5.75 Å². The number of aromatic nitrogens is 1. The van der Waals surface area contributed by atoms with Gasteiger partial charge in [0.2, 0.25) is 5.91 Å². The lowest BCUT2D eigenvalue weighted by atomic mass is 9.97. The summed E-state index contributed by atoms with van der Waals surface area (Å²) in [6, 6.07) is 15.7. The quantitative estimate of drug-likeness (QED) is 0.573. The Morgan fingerprint density at radius 2 is 1.96 bits per heavy atom. The molecule has 1 atom stereocenters. The highest BCUT2D eigenvalue weighted by molar-refractivity contribution is 5.89. The monoisotopic (exact) mass is 335 g/mol. The number of benzene rings is 2. The molecule has 0 fully saturated rings. The second kappa shape index (κ2) is 7.21. The molecule has 0 spiro atoms. The van der Waals surface area contributed by atoms with E-state index in [1.54, 1.807) is 13.3 Å². The number of methoxy groups -OCH3 is 1. The zero-order valence-electron chi connectivity index (χ0n) is 14.6. The van der Waals surface area contributed by atoms with Crippen LogP contribution in [0.3, 0.4) is 0 Å². The summed E-state index contributed by atoms with van der Waals surface area (Å²) in [5.74, 6) is 0.386. The second-order valence-corrected chi connectivity index (χ2v) is 5.97. The molecule has 0 bridgehead atoms. The lowest BCUT2D eigenvalue weighted by Crippen LogP contribution is -2.23. The number of fused-ring (bicyclic) bond motifs is 1. The van der Waals surface area contributed by atoms with Crippen molar-refractivity contribution in [1.29, 1.82) is 0 Å². The van der Waals surface area contributed by atoms with Gasteiger partial charge in [-0.1, -0.05) is 24.3 Å². The SMILES string of the molecule is COc1ccc2cc([C@H](C)C(=O)N/N=C/c3cccn3C)ccc2c1. The summed E-state index contributed by atoms with van der Waals surface area (Å²) in [5.41, 5.74) is 4.48. The van der Waals surface area contributed by atoms with Crippen LogP contribution in [-0.2, 0) is 11.8 Å². The Hall–Kier alpha value is -3.08. The van der Waals surface area contributed by atoms with Crippen LogP contribution in [0, 0.1) is 0 Å². The highest BCUT2D eigenvalue weighted by Gasteiger charge is 2.15. The number of rotatable bonds is 5. The van der Waals surface area contributed by atoms with Crippen LogP contribution in [-0.4, -0.2) is 23.8 Å². The molecular weight excluding hydrogens is 314 g/mol. The largest absolute Gasteiger partial charge is 0.497 e. The first kappa shape index (κ1) is 16.8. The third-order valence-electron chi connectivity index (χ3n) is 4.32. The molecule has 3 aromatic rings. The lowest BCUT2D eigenvalue weighted by molar-refractivity contribution is -0.122. The van der Waals surface area contributed by atoms with Gasteiger partial charge >= 0.3 is 0 Å². The van der Waals surface area contributed by atoms with Gasteiger partial charge in [-0.2, -0.15) is 5.10 Å². The first-order valence-corrected chi connectivity index (χ1v) is 8.10. The molecule has 3 rings (SSSR count). The maximum absolute atomic E-state index is 12.3. The fraction of sp³-hybridized carbons (Fsp3) is 0.200. The van der Waals surface area contributed by atoms with Crippen LogP contribution in [0.5, 0.6) is 5.75 Å². The van der Waals surface area contributed by atoms with Crippen molar-refractivity contribution in [3.05, 3.63) is 66.0 Å². The average Bonchev–Trinajstić information content (AvgIpc) is 3.05. The number of hydrogen-bond acceptors (Lipinski definition) is 3. The summed E-state index contributed by atoms with van der Waals surface area (Å²) >= 11 is 0. The molecule has 0 saturated heterocycles. The van der Waals surface area contributed by atoms with Gasteiger partial charge < -0.3 is 9.30 Å². The first-order chi connectivity index (χ1) is 12.1. The summed E-state index contributed by atoms with van der Waals surface area (Å²) in [7, 11) is 3.58. The van der Waals surface area contributed by atoms with Crippen LogP contribution in [0.1, 0.15) is 24.1 Å². The van der Waals surface area contributed by atoms with Crippen molar-refractivity contribution in [2.45, 2.75) is 12.8 Å². The molecular formula is C20H21N3O2. The molecule has 5 nitrogen and oxygen atoms in total. The lowest BCUT2D eigenvalue weighted by Gasteiger charge is -2.11. The van der Waals surface area contributed by atoms with Gasteiger partial charge in [-0.3, -0.25) is 4.79 Å². The molecule has 0 saturated carbocycles. The number of carbonyl (C=O) groups excluding carboxylic acids is 1. The Balaban J connectivity index is 1.72.